The molecule has 1 N–H and O–H groups in total. The fourth-order valence-corrected chi connectivity index (χ4v) is 9.26. The highest BCUT2D eigenvalue weighted by Gasteiger charge is 2.72. The third-order valence-electron chi connectivity index (χ3n) is 10.7. The summed E-state index contributed by atoms with van der Waals surface area (Å²) >= 11 is 0. The summed E-state index contributed by atoms with van der Waals surface area (Å²) in [6.07, 6.45) is 0.641. The van der Waals surface area contributed by atoms with Crippen molar-refractivity contribution in [3.8, 4) is 0 Å². The Balaban J connectivity index is 1.47. The van der Waals surface area contributed by atoms with Crippen molar-refractivity contribution in [1.29, 1.82) is 0 Å². The Morgan fingerprint density at radius 3 is 2.57 bits per heavy atom. The van der Waals surface area contributed by atoms with Crippen LogP contribution in [0.5, 0.6) is 0 Å². The van der Waals surface area contributed by atoms with Crippen molar-refractivity contribution in [3.05, 3.63) is 64.4 Å². The van der Waals surface area contributed by atoms with Crippen molar-refractivity contribution in [2.45, 2.75) is 83.0 Å². The van der Waals surface area contributed by atoms with Crippen LogP contribution >= 0.6 is 0 Å². The number of nitrogens with zero attached hydrogens (tertiary/aromatic N) is 1. The van der Waals surface area contributed by atoms with Crippen LogP contribution in [0.15, 0.2) is 58.9 Å². The van der Waals surface area contributed by atoms with E-state index in [0.717, 1.165) is 60.5 Å². The fraction of sp³-hybridized carbons (Fsp3) is 0.588. The topological polar surface area (TPSA) is 73.9 Å². The molecular weight excluding hydrogens is 573 g/mol. The number of amides is 1. The van der Waals surface area contributed by atoms with Gasteiger partial charge in [-0.2, -0.15) is 13.2 Å². The average molecular weight is 616 g/mol. The van der Waals surface area contributed by atoms with E-state index in [2.05, 4.69) is 26.2 Å². The largest absolute Gasteiger partial charge is 0.427 e. The number of carbonyl (C=O) groups excluding carboxylic acids is 2. The molecule has 1 spiro atoms. The molecule has 44 heavy (non-hydrogen) atoms. The SMILES string of the molecule is COC1(NC(=O)C(=Cc2ccccc2)C(F)(F)F)C=C(OC(C)=O)C2=C3C1O[C@H]1CCC[C@H]4[C@@H](C2)[N+](C)(CC(C)C)CC[C@]314. The predicted octanol–water partition coefficient (Wildman–Crippen LogP) is 5.68. The molecule has 2 bridgehead atoms. The Kier molecular flexibility index (Phi) is 7.65. The number of rotatable bonds is 7. The van der Waals surface area contributed by atoms with Gasteiger partial charge in [-0.3, -0.25) is 9.59 Å². The Morgan fingerprint density at radius 2 is 1.93 bits per heavy atom. The molecule has 5 aliphatic rings. The second-order valence-electron chi connectivity index (χ2n) is 13.8. The number of quaternary nitrogens is 1. The Bertz CT molecular complexity index is 1440. The number of benzene rings is 1. The van der Waals surface area contributed by atoms with E-state index >= 15 is 0 Å². The first kappa shape index (κ1) is 31.0. The molecule has 1 saturated carbocycles. The Morgan fingerprint density at radius 1 is 1.20 bits per heavy atom. The number of esters is 1. The third kappa shape index (κ3) is 4.84. The van der Waals surface area contributed by atoms with Gasteiger partial charge in [0, 0.05) is 55.8 Å². The van der Waals surface area contributed by atoms with Gasteiger partial charge in [0.05, 0.1) is 32.3 Å². The van der Waals surface area contributed by atoms with Gasteiger partial charge < -0.3 is 24.0 Å². The van der Waals surface area contributed by atoms with E-state index in [-0.39, 0.29) is 28.9 Å². The van der Waals surface area contributed by atoms with Crippen LogP contribution in [0.1, 0.15) is 58.4 Å². The molecule has 1 aromatic rings. The number of alkyl halides is 3. The van der Waals surface area contributed by atoms with E-state index in [1.54, 1.807) is 18.2 Å². The molecule has 0 radical (unpaired) electrons. The zero-order valence-corrected chi connectivity index (χ0v) is 26.0. The summed E-state index contributed by atoms with van der Waals surface area (Å²) in [4.78, 5) is 26.1. The fourth-order valence-electron chi connectivity index (χ4n) is 9.26. The smallest absolute Gasteiger partial charge is 0.421 e. The van der Waals surface area contributed by atoms with Crippen LogP contribution in [0, 0.1) is 17.3 Å². The predicted molar refractivity (Wildman–Crippen MR) is 157 cm³/mol. The van der Waals surface area contributed by atoms with Crippen LogP contribution in [0.25, 0.3) is 6.08 Å². The van der Waals surface area contributed by atoms with Gasteiger partial charge in [0.2, 0.25) is 0 Å². The van der Waals surface area contributed by atoms with E-state index in [1.807, 2.05) is 0 Å². The van der Waals surface area contributed by atoms with Crippen LogP contribution in [-0.2, 0) is 23.8 Å². The van der Waals surface area contributed by atoms with Gasteiger partial charge in [-0.25, -0.2) is 0 Å². The van der Waals surface area contributed by atoms with Crippen molar-refractivity contribution < 1.29 is 41.5 Å². The molecule has 7 atom stereocenters. The lowest BCUT2D eigenvalue weighted by Crippen LogP contribution is -2.69. The first-order valence-corrected chi connectivity index (χ1v) is 15.6. The van der Waals surface area contributed by atoms with Crippen molar-refractivity contribution in [2.75, 3.05) is 27.2 Å². The van der Waals surface area contributed by atoms with Gasteiger partial charge in [0.25, 0.3) is 5.91 Å². The molecule has 3 aliphatic carbocycles. The monoisotopic (exact) mass is 615 g/mol. The molecule has 7 nitrogen and oxygen atoms in total. The highest BCUT2D eigenvalue weighted by atomic mass is 19.4. The normalized spacial score (nSPS) is 36.1. The lowest BCUT2D eigenvalue weighted by atomic mass is 9.49. The van der Waals surface area contributed by atoms with Crippen molar-refractivity contribution in [3.63, 3.8) is 0 Å². The minimum Gasteiger partial charge on any atom is -0.427 e. The number of allylic oxidation sites excluding steroid dienone is 1. The highest BCUT2D eigenvalue weighted by Crippen LogP contribution is 2.68. The molecule has 10 heteroatoms. The molecule has 1 aromatic carbocycles. The van der Waals surface area contributed by atoms with Gasteiger partial charge in [-0.05, 0) is 30.1 Å². The second-order valence-corrected chi connectivity index (χ2v) is 13.8. The van der Waals surface area contributed by atoms with Gasteiger partial charge in [0.1, 0.15) is 17.4 Å². The van der Waals surface area contributed by atoms with Gasteiger partial charge in [-0.15, -0.1) is 0 Å². The standard InChI is InChI=1S/C34H41F3N2O5/c1-20(2)19-39(4)15-14-32-24-12-9-13-28(32)44-30-29(32)23(17-26(24)39)27(43-21(3)40)18-33(30,42-5)38-31(41)25(34(35,36)37)16-22-10-7-6-8-11-22/h6-8,10-11,16,18,20,24,26,28,30H,9,12-15,17,19H2,1-5H3/p+1/t24-,26+,28-,30?,32+,33?,39?/m0/s1. The maximum atomic E-state index is 14.4. The minimum atomic E-state index is -4.94. The first-order chi connectivity index (χ1) is 20.7. The number of hydrogen-bond donors (Lipinski definition) is 1. The van der Waals surface area contributed by atoms with Crippen LogP contribution in [-0.4, -0.2) is 73.8 Å². The summed E-state index contributed by atoms with van der Waals surface area (Å²) in [5.74, 6) is -0.872. The summed E-state index contributed by atoms with van der Waals surface area (Å²) in [5.41, 5.74) is -1.51. The summed E-state index contributed by atoms with van der Waals surface area (Å²) in [6.45, 7) is 7.74. The Hall–Kier alpha value is -2.95. The van der Waals surface area contributed by atoms with Crippen molar-refractivity contribution in [2.24, 2.45) is 17.3 Å². The van der Waals surface area contributed by atoms with E-state index in [0.29, 0.717) is 18.3 Å². The summed E-state index contributed by atoms with van der Waals surface area (Å²) in [7, 11) is 3.67. The molecule has 6 rings (SSSR count). The van der Waals surface area contributed by atoms with Crippen LogP contribution in [0.4, 0.5) is 13.2 Å². The van der Waals surface area contributed by atoms with Crippen LogP contribution in [0.3, 0.4) is 0 Å². The molecule has 2 saturated heterocycles. The summed E-state index contributed by atoms with van der Waals surface area (Å²) < 4.78 is 62.6. The first-order valence-electron chi connectivity index (χ1n) is 15.6. The lowest BCUT2D eigenvalue weighted by molar-refractivity contribution is -0.948. The zero-order chi connectivity index (χ0) is 31.7. The number of hydrogen-bond acceptors (Lipinski definition) is 5. The highest BCUT2D eigenvalue weighted by molar-refractivity contribution is 5.99. The number of piperidine rings is 1. The third-order valence-corrected chi connectivity index (χ3v) is 10.7. The second kappa shape index (κ2) is 10.8. The quantitative estimate of drug-likeness (QED) is 0.185. The summed E-state index contributed by atoms with van der Waals surface area (Å²) in [6, 6.07) is 8.17. The van der Waals surface area contributed by atoms with Gasteiger partial charge in [-0.1, -0.05) is 50.6 Å². The van der Waals surface area contributed by atoms with Crippen LogP contribution < -0.4 is 5.32 Å². The van der Waals surface area contributed by atoms with Crippen molar-refractivity contribution >= 4 is 18.0 Å². The average Bonchev–Trinajstić information content (AvgIpc) is 3.29. The van der Waals surface area contributed by atoms with E-state index in [4.69, 9.17) is 14.2 Å². The molecule has 3 fully saturated rings. The number of carbonyl (C=O) groups is 2. The number of likely N-dealkylation sites (tertiary alicyclic amines) is 1. The molecular formula is C34H42F3N2O5+. The molecule has 238 valence electrons. The maximum absolute atomic E-state index is 14.4. The number of ether oxygens (including phenoxy) is 3. The number of methoxy groups -OCH3 is 1. The van der Waals surface area contributed by atoms with E-state index in [1.165, 1.54) is 32.2 Å². The summed E-state index contributed by atoms with van der Waals surface area (Å²) in [5, 5.41) is 2.59. The van der Waals surface area contributed by atoms with Gasteiger partial charge in [0.15, 0.2) is 5.72 Å². The number of nitrogens with one attached hydrogen (secondary N) is 1. The molecule has 0 aromatic heterocycles. The maximum Gasteiger partial charge on any atom is 0.421 e. The zero-order valence-electron chi connectivity index (χ0n) is 26.0. The molecule has 2 heterocycles. The van der Waals surface area contributed by atoms with E-state index < -0.39 is 35.5 Å². The van der Waals surface area contributed by atoms with Crippen molar-refractivity contribution in [1.82, 2.24) is 5.32 Å². The number of halogens is 3. The minimum absolute atomic E-state index is 0.176. The molecule has 2 aliphatic heterocycles. The van der Waals surface area contributed by atoms with Crippen LogP contribution in [0.2, 0.25) is 0 Å². The lowest BCUT2D eigenvalue weighted by Gasteiger charge is -2.62. The Labute approximate surface area is 256 Å². The molecule has 3 unspecified atom stereocenters. The molecule has 1 amide bonds. The van der Waals surface area contributed by atoms with Gasteiger partial charge >= 0.3 is 12.1 Å². The van der Waals surface area contributed by atoms with E-state index in [9.17, 15) is 22.8 Å².